The van der Waals surface area contributed by atoms with E-state index in [9.17, 15) is 13.6 Å². The average molecular weight is 369 g/mol. The number of halogens is 2. The molecule has 1 amide bonds. The minimum Gasteiger partial charge on any atom is -0.334 e. The lowest BCUT2D eigenvalue weighted by Crippen LogP contribution is -2.24. The number of nitrogens with zero attached hydrogens (tertiary/aromatic N) is 3. The van der Waals surface area contributed by atoms with Crippen LogP contribution in [0, 0.1) is 11.6 Å². The van der Waals surface area contributed by atoms with Crippen molar-refractivity contribution in [2.75, 3.05) is 11.4 Å². The van der Waals surface area contributed by atoms with Crippen molar-refractivity contribution in [2.45, 2.75) is 25.7 Å². The molecule has 3 aromatic rings. The molecular weight excluding hydrogens is 352 g/mol. The number of anilines is 1. The molecule has 1 aliphatic rings. The van der Waals surface area contributed by atoms with Crippen LogP contribution in [0.4, 0.5) is 14.5 Å². The largest absolute Gasteiger partial charge is 0.334 e. The normalized spacial score (nSPS) is 16.9. The molecule has 0 N–H and O–H groups in total. The van der Waals surface area contributed by atoms with E-state index in [1.807, 2.05) is 24.3 Å². The quantitative estimate of drug-likeness (QED) is 0.695. The number of aryl methyl sites for hydroxylation is 1. The first-order valence-electron chi connectivity index (χ1n) is 8.73. The van der Waals surface area contributed by atoms with E-state index in [-0.39, 0.29) is 30.5 Å². The Hall–Kier alpha value is -3.09. The van der Waals surface area contributed by atoms with Crippen molar-refractivity contribution in [1.82, 2.24) is 10.1 Å². The zero-order valence-electron chi connectivity index (χ0n) is 14.7. The van der Waals surface area contributed by atoms with Crippen molar-refractivity contribution >= 4 is 11.6 Å². The zero-order chi connectivity index (χ0) is 19.0. The van der Waals surface area contributed by atoms with Crippen molar-refractivity contribution < 1.29 is 18.1 Å². The van der Waals surface area contributed by atoms with Crippen LogP contribution in [0.3, 0.4) is 0 Å². The maximum Gasteiger partial charge on any atom is 0.257 e. The Labute approximate surface area is 154 Å². The Morgan fingerprint density at radius 2 is 1.85 bits per heavy atom. The van der Waals surface area contributed by atoms with E-state index in [1.54, 1.807) is 0 Å². The van der Waals surface area contributed by atoms with Crippen LogP contribution in [0.1, 0.15) is 30.7 Å². The summed E-state index contributed by atoms with van der Waals surface area (Å²) in [5.74, 6) is -1.18. The summed E-state index contributed by atoms with van der Waals surface area (Å²) < 4.78 is 32.3. The summed E-state index contributed by atoms with van der Waals surface area (Å²) >= 11 is 0. The molecule has 2 aromatic carbocycles. The fraction of sp³-hybridized carbons (Fsp3) is 0.250. The summed E-state index contributed by atoms with van der Waals surface area (Å²) in [5.41, 5.74) is 2.20. The van der Waals surface area contributed by atoms with E-state index < -0.39 is 11.6 Å². The summed E-state index contributed by atoms with van der Waals surface area (Å²) in [4.78, 5) is 18.1. The molecule has 27 heavy (non-hydrogen) atoms. The standard InChI is InChI=1S/C20H17F2N3O2/c1-2-12-3-5-13(6-4-12)20-23-19(24-27-20)14-7-18(26)25(11-14)17-9-15(21)8-16(22)10-17/h3-6,8-10,14H,2,7,11H2,1H3. The van der Waals surface area contributed by atoms with Gasteiger partial charge in [0, 0.05) is 36.2 Å². The smallest absolute Gasteiger partial charge is 0.257 e. The van der Waals surface area contributed by atoms with E-state index in [2.05, 4.69) is 17.1 Å². The summed E-state index contributed by atoms with van der Waals surface area (Å²) in [5, 5.41) is 4.00. The van der Waals surface area contributed by atoms with Gasteiger partial charge < -0.3 is 9.42 Å². The van der Waals surface area contributed by atoms with Crippen LogP contribution in [0.25, 0.3) is 11.5 Å². The van der Waals surface area contributed by atoms with Crippen LogP contribution in [0.15, 0.2) is 47.0 Å². The molecule has 5 nitrogen and oxygen atoms in total. The van der Waals surface area contributed by atoms with Gasteiger partial charge >= 0.3 is 0 Å². The molecule has 1 atom stereocenters. The lowest BCUT2D eigenvalue weighted by Gasteiger charge is -2.16. The minimum absolute atomic E-state index is 0.159. The molecule has 0 bridgehead atoms. The van der Waals surface area contributed by atoms with Gasteiger partial charge in [0.15, 0.2) is 5.82 Å². The first-order valence-corrected chi connectivity index (χ1v) is 8.73. The van der Waals surface area contributed by atoms with Gasteiger partial charge in [-0.25, -0.2) is 8.78 Å². The minimum atomic E-state index is -0.723. The number of amides is 1. The average Bonchev–Trinajstić information content (AvgIpc) is 3.28. The number of hydrogen-bond acceptors (Lipinski definition) is 4. The maximum atomic E-state index is 13.5. The van der Waals surface area contributed by atoms with Crippen LogP contribution in [-0.4, -0.2) is 22.6 Å². The Balaban J connectivity index is 1.54. The first kappa shape index (κ1) is 17.3. The van der Waals surface area contributed by atoms with Crippen LogP contribution in [-0.2, 0) is 11.2 Å². The molecule has 1 aromatic heterocycles. The molecule has 0 saturated carbocycles. The maximum absolute atomic E-state index is 13.5. The van der Waals surface area contributed by atoms with E-state index in [4.69, 9.17) is 4.52 Å². The van der Waals surface area contributed by atoms with Gasteiger partial charge in [-0.2, -0.15) is 4.98 Å². The first-order chi connectivity index (χ1) is 13.0. The number of benzene rings is 2. The van der Waals surface area contributed by atoms with Crippen molar-refractivity contribution in [3.05, 3.63) is 65.5 Å². The van der Waals surface area contributed by atoms with Gasteiger partial charge in [-0.05, 0) is 36.2 Å². The molecule has 138 valence electrons. The van der Waals surface area contributed by atoms with Gasteiger partial charge in [0.25, 0.3) is 5.89 Å². The third-order valence-corrected chi connectivity index (χ3v) is 4.70. The Morgan fingerprint density at radius 3 is 2.52 bits per heavy atom. The molecule has 2 heterocycles. The third kappa shape index (κ3) is 3.45. The number of carbonyl (C=O) groups is 1. The van der Waals surface area contributed by atoms with Crippen LogP contribution in [0.5, 0.6) is 0 Å². The van der Waals surface area contributed by atoms with Gasteiger partial charge in [-0.15, -0.1) is 0 Å². The lowest BCUT2D eigenvalue weighted by atomic mass is 10.1. The SMILES string of the molecule is CCc1ccc(-c2nc(C3CC(=O)N(c4cc(F)cc(F)c4)C3)no2)cc1. The molecule has 4 rings (SSSR count). The fourth-order valence-corrected chi connectivity index (χ4v) is 3.23. The second kappa shape index (κ2) is 6.90. The van der Waals surface area contributed by atoms with E-state index in [1.165, 1.54) is 10.5 Å². The highest BCUT2D eigenvalue weighted by Gasteiger charge is 2.35. The topological polar surface area (TPSA) is 59.2 Å². The Morgan fingerprint density at radius 1 is 1.15 bits per heavy atom. The summed E-state index contributed by atoms with van der Waals surface area (Å²) in [6, 6.07) is 10.9. The molecule has 1 aliphatic heterocycles. The van der Waals surface area contributed by atoms with Crippen molar-refractivity contribution in [1.29, 1.82) is 0 Å². The monoisotopic (exact) mass is 369 g/mol. The molecule has 1 saturated heterocycles. The highest BCUT2D eigenvalue weighted by molar-refractivity contribution is 5.96. The van der Waals surface area contributed by atoms with Gasteiger partial charge in [0.1, 0.15) is 11.6 Å². The Kier molecular flexibility index (Phi) is 4.43. The molecule has 0 aliphatic carbocycles. The highest BCUT2D eigenvalue weighted by Crippen LogP contribution is 2.32. The number of hydrogen-bond donors (Lipinski definition) is 0. The number of carbonyl (C=O) groups excluding carboxylic acids is 1. The van der Waals surface area contributed by atoms with Gasteiger partial charge in [0.2, 0.25) is 5.91 Å². The van der Waals surface area contributed by atoms with Gasteiger partial charge in [0.05, 0.1) is 0 Å². The number of aromatic nitrogens is 2. The second-order valence-corrected chi connectivity index (χ2v) is 6.54. The molecule has 1 unspecified atom stereocenters. The third-order valence-electron chi connectivity index (χ3n) is 4.70. The fourth-order valence-electron chi connectivity index (χ4n) is 3.23. The summed E-state index contributed by atoms with van der Waals surface area (Å²) in [7, 11) is 0. The van der Waals surface area contributed by atoms with E-state index in [0.29, 0.717) is 11.7 Å². The lowest BCUT2D eigenvalue weighted by molar-refractivity contribution is -0.117. The van der Waals surface area contributed by atoms with Crippen molar-refractivity contribution in [3.63, 3.8) is 0 Å². The highest BCUT2D eigenvalue weighted by atomic mass is 19.1. The van der Waals surface area contributed by atoms with Gasteiger partial charge in [-0.1, -0.05) is 24.2 Å². The summed E-state index contributed by atoms with van der Waals surface area (Å²) in [6.07, 6.45) is 1.10. The molecule has 1 fully saturated rings. The van der Waals surface area contributed by atoms with Crippen LogP contribution >= 0.6 is 0 Å². The molecule has 0 spiro atoms. The predicted molar refractivity (Wildman–Crippen MR) is 95.2 cm³/mol. The molecule has 0 radical (unpaired) electrons. The second-order valence-electron chi connectivity index (χ2n) is 6.54. The molecular formula is C20H17F2N3O2. The van der Waals surface area contributed by atoms with Crippen LogP contribution < -0.4 is 4.90 Å². The molecule has 7 heteroatoms. The van der Waals surface area contributed by atoms with Crippen molar-refractivity contribution in [3.8, 4) is 11.5 Å². The Bertz CT molecular complexity index is 965. The van der Waals surface area contributed by atoms with E-state index >= 15 is 0 Å². The van der Waals surface area contributed by atoms with E-state index in [0.717, 1.165) is 30.2 Å². The van der Waals surface area contributed by atoms with Gasteiger partial charge in [-0.3, -0.25) is 4.79 Å². The zero-order valence-corrected chi connectivity index (χ0v) is 14.7. The van der Waals surface area contributed by atoms with Crippen molar-refractivity contribution in [2.24, 2.45) is 0 Å². The predicted octanol–water partition coefficient (Wildman–Crippen LogP) is 4.10. The summed E-state index contributed by atoms with van der Waals surface area (Å²) in [6.45, 7) is 2.32. The van der Waals surface area contributed by atoms with Crippen LogP contribution in [0.2, 0.25) is 0 Å². The number of rotatable bonds is 4.